The SMILES string of the molecule is O=C1CSC(c2cn(-c3ccccc3)nc2-c2cccs2)N1Cc1cccnc1. The first-order valence-electron chi connectivity index (χ1n) is 9.28. The van der Waals surface area contributed by atoms with Crippen molar-refractivity contribution in [3.63, 3.8) is 0 Å². The Hall–Kier alpha value is -2.90. The first-order chi connectivity index (χ1) is 14.3. The van der Waals surface area contributed by atoms with Crippen LogP contribution in [0.1, 0.15) is 16.5 Å². The number of benzene rings is 1. The third-order valence-corrected chi connectivity index (χ3v) is 6.94. The highest BCUT2D eigenvalue weighted by molar-refractivity contribution is 8.00. The zero-order valence-corrected chi connectivity index (χ0v) is 17.1. The van der Waals surface area contributed by atoms with Gasteiger partial charge in [-0.1, -0.05) is 30.3 Å². The number of pyridine rings is 1. The molecule has 4 heterocycles. The molecule has 0 radical (unpaired) electrons. The molecular formula is C22H18N4OS2. The van der Waals surface area contributed by atoms with E-state index < -0.39 is 0 Å². The summed E-state index contributed by atoms with van der Waals surface area (Å²) in [5.41, 5.74) is 4.04. The molecule has 1 amide bonds. The molecular weight excluding hydrogens is 400 g/mol. The summed E-state index contributed by atoms with van der Waals surface area (Å²) in [6, 6.07) is 18.1. The van der Waals surface area contributed by atoms with Crippen LogP contribution < -0.4 is 0 Å². The van der Waals surface area contributed by atoms with Gasteiger partial charge in [-0.3, -0.25) is 9.78 Å². The van der Waals surface area contributed by atoms with Crippen LogP contribution in [0.15, 0.2) is 78.6 Å². The predicted molar refractivity (Wildman–Crippen MR) is 117 cm³/mol. The van der Waals surface area contributed by atoms with Crippen molar-refractivity contribution in [2.75, 3.05) is 5.75 Å². The first kappa shape index (κ1) is 18.1. The molecule has 4 aromatic rings. The molecule has 0 N–H and O–H groups in total. The zero-order valence-electron chi connectivity index (χ0n) is 15.5. The van der Waals surface area contributed by atoms with Crippen LogP contribution in [0.25, 0.3) is 16.3 Å². The van der Waals surface area contributed by atoms with Gasteiger partial charge in [0.25, 0.3) is 0 Å². The second-order valence-electron chi connectivity index (χ2n) is 6.74. The minimum atomic E-state index is -0.0720. The van der Waals surface area contributed by atoms with E-state index in [1.807, 2.05) is 64.3 Å². The van der Waals surface area contributed by atoms with Crippen molar-refractivity contribution in [1.29, 1.82) is 0 Å². The normalized spacial score (nSPS) is 16.5. The molecule has 0 aliphatic carbocycles. The lowest BCUT2D eigenvalue weighted by Crippen LogP contribution is -2.27. The molecule has 1 aliphatic rings. The van der Waals surface area contributed by atoms with Gasteiger partial charge in [-0.15, -0.1) is 23.1 Å². The molecule has 1 atom stereocenters. The number of rotatable bonds is 5. The number of thioether (sulfide) groups is 1. The molecule has 5 nitrogen and oxygen atoms in total. The van der Waals surface area contributed by atoms with Gasteiger partial charge >= 0.3 is 0 Å². The average molecular weight is 419 g/mol. The zero-order chi connectivity index (χ0) is 19.6. The van der Waals surface area contributed by atoms with E-state index >= 15 is 0 Å². The molecule has 7 heteroatoms. The molecule has 0 bridgehead atoms. The Kier molecular flexibility index (Phi) is 4.91. The van der Waals surface area contributed by atoms with Crippen LogP contribution in [0.4, 0.5) is 0 Å². The number of aromatic nitrogens is 3. The Bertz CT molecular complexity index is 1110. The van der Waals surface area contributed by atoms with E-state index in [-0.39, 0.29) is 11.3 Å². The van der Waals surface area contributed by atoms with Crippen LogP contribution in [0, 0.1) is 0 Å². The topological polar surface area (TPSA) is 51.0 Å². The number of hydrogen-bond acceptors (Lipinski definition) is 5. The summed E-state index contributed by atoms with van der Waals surface area (Å²) in [5, 5.41) is 6.88. The fraction of sp³-hybridized carbons (Fsp3) is 0.136. The van der Waals surface area contributed by atoms with Crippen molar-refractivity contribution in [1.82, 2.24) is 19.7 Å². The van der Waals surface area contributed by atoms with E-state index in [4.69, 9.17) is 5.10 Å². The lowest BCUT2D eigenvalue weighted by atomic mass is 10.2. The van der Waals surface area contributed by atoms with Crippen LogP contribution in [0.5, 0.6) is 0 Å². The molecule has 5 rings (SSSR count). The maximum Gasteiger partial charge on any atom is 0.234 e. The highest BCUT2D eigenvalue weighted by atomic mass is 32.2. The maximum atomic E-state index is 12.7. The summed E-state index contributed by atoms with van der Waals surface area (Å²) in [6.45, 7) is 0.546. The highest BCUT2D eigenvalue weighted by Crippen LogP contribution is 2.44. The second-order valence-corrected chi connectivity index (χ2v) is 8.75. The Morgan fingerprint density at radius 2 is 1.97 bits per heavy atom. The van der Waals surface area contributed by atoms with E-state index in [0.29, 0.717) is 12.3 Å². The smallest absolute Gasteiger partial charge is 0.234 e. The third kappa shape index (κ3) is 3.59. The number of amides is 1. The van der Waals surface area contributed by atoms with Crippen LogP contribution in [0.3, 0.4) is 0 Å². The van der Waals surface area contributed by atoms with E-state index in [9.17, 15) is 4.79 Å². The summed E-state index contributed by atoms with van der Waals surface area (Å²) >= 11 is 3.32. The van der Waals surface area contributed by atoms with Crippen molar-refractivity contribution >= 4 is 29.0 Å². The minimum absolute atomic E-state index is 0.0720. The molecule has 1 aromatic carbocycles. The van der Waals surface area contributed by atoms with Crippen molar-refractivity contribution in [3.8, 4) is 16.3 Å². The highest BCUT2D eigenvalue weighted by Gasteiger charge is 2.36. The molecule has 3 aromatic heterocycles. The third-order valence-electron chi connectivity index (χ3n) is 4.83. The van der Waals surface area contributed by atoms with Crippen molar-refractivity contribution in [3.05, 3.63) is 89.7 Å². The molecule has 29 heavy (non-hydrogen) atoms. The Balaban J connectivity index is 1.56. The molecule has 1 unspecified atom stereocenters. The monoisotopic (exact) mass is 418 g/mol. The lowest BCUT2D eigenvalue weighted by molar-refractivity contribution is -0.128. The van der Waals surface area contributed by atoms with Gasteiger partial charge in [-0.25, -0.2) is 4.68 Å². The first-order valence-corrected chi connectivity index (χ1v) is 11.2. The van der Waals surface area contributed by atoms with Crippen LogP contribution in [0.2, 0.25) is 0 Å². The molecule has 0 spiro atoms. The molecule has 0 saturated carbocycles. The van der Waals surface area contributed by atoms with E-state index in [0.717, 1.165) is 27.4 Å². The average Bonchev–Trinajstić information content (AvgIpc) is 3.50. The summed E-state index contributed by atoms with van der Waals surface area (Å²) < 4.78 is 1.91. The number of carbonyl (C=O) groups is 1. The Morgan fingerprint density at radius 1 is 1.07 bits per heavy atom. The van der Waals surface area contributed by atoms with Crippen LogP contribution >= 0.6 is 23.1 Å². The summed E-state index contributed by atoms with van der Waals surface area (Å²) in [7, 11) is 0. The fourth-order valence-corrected chi connectivity index (χ4v) is 5.38. The van der Waals surface area contributed by atoms with Gasteiger partial charge in [0.2, 0.25) is 5.91 Å². The quantitative estimate of drug-likeness (QED) is 0.468. The summed E-state index contributed by atoms with van der Waals surface area (Å²) in [5.74, 6) is 0.624. The summed E-state index contributed by atoms with van der Waals surface area (Å²) in [6.07, 6.45) is 5.64. The largest absolute Gasteiger partial charge is 0.321 e. The molecule has 1 fully saturated rings. The summed E-state index contributed by atoms with van der Waals surface area (Å²) in [4.78, 5) is 19.9. The number of nitrogens with zero attached hydrogens (tertiary/aromatic N) is 4. The van der Waals surface area contributed by atoms with Crippen molar-refractivity contribution < 1.29 is 4.79 Å². The minimum Gasteiger partial charge on any atom is -0.321 e. The number of hydrogen-bond donors (Lipinski definition) is 0. The fourth-order valence-electron chi connectivity index (χ4n) is 3.46. The number of thiophene rings is 1. The lowest BCUT2D eigenvalue weighted by Gasteiger charge is -2.23. The van der Waals surface area contributed by atoms with Crippen LogP contribution in [-0.4, -0.2) is 31.3 Å². The standard InChI is InChI=1S/C22H18N4OS2/c27-20-15-29-22(25(20)13-16-6-4-10-23-12-16)18-14-26(17-7-2-1-3-8-17)24-21(18)19-9-5-11-28-19/h1-12,14,22H,13,15H2. The van der Waals surface area contributed by atoms with Gasteiger partial charge in [0.05, 0.1) is 16.3 Å². The van der Waals surface area contributed by atoms with Gasteiger partial charge in [-0.05, 0) is 35.2 Å². The Labute approximate surface area is 177 Å². The molecule has 144 valence electrons. The van der Waals surface area contributed by atoms with Crippen molar-refractivity contribution in [2.24, 2.45) is 0 Å². The second kappa shape index (κ2) is 7.85. The van der Waals surface area contributed by atoms with Crippen LogP contribution in [-0.2, 0) is 11.3 Å². The number of para-hydroxylation sites is 1. The Morgan fingerprint density at radius 3 is 2.72 bits per heavy atom. The van der Waals surface area contributed by atoms with Gasteiger partial charge < -0.3 is 4.90 Å². The van der Waals surface area contributed by atoms with Crippen molar-refractivity contribution in [2.45, 2.75) is 11.9 Å². The van der Waals surface area contributed by atoms with E-state index in [1.165, 1.54) is 0 Å². The molecule has 1 aliphatic heterocycles. The van der Waals surface area contributed by atoms with Gasteiger partial charge in [0.15, 0.2) is 0 Å². The van der Waals surface area contributed by atoms with Gasteiger partial charge in [0, 0.05) is 30.7 Å². The maximum absolute atomic E-state index is 12.7. The van der Waals surface area contributed by atoms with E-state index in [2.05, 4.69) is 22.6 Å². The number of carbonyl (C=O) groups excluding carboxylic acids is 1. The molecule has 1 saturated heterocycles. The van der Waals surface area contributed by atoms with Gasteiger partial charge in [-0.2, -0.15) is 5.10 Å². The predicted octanol–water partition coefficient (Wildman–Crippen LogP) is 4.77. The van der Waals surface area contributed by atoms with Gasteiger partial charge in [0.1, 0.15) is 11.1 Å². The van der Waals surface area contributed by atoms with E-state index in [1.54, 1.807) is 29.3 Å².